The lowest BCUT2D eigenvalue weighted by Gasteiger charge is -2.15. The van der Waals surface area contributed by atoms with Gasteiger partial charge in [-0.2, -0.15) is 0 Å². The molecular formula is C12H18N2. The van der Waals surface area contributed by atoms with Gasteiger partial charge in [0.05, 0.1) is 0 Å². The second-order valence-electron chi connectivity index (χ2n) is 4.35. The number of nitrogens with two attached hydrogens (primary N) is 1. The van der Waals surface area contributed by atoms with Crippen molar-refractivity contribution in [1.29, 1.82) is 0 Å². The summed E-state index contributed by atoms with van der Waals surface area (Å²) in [6.45, 7) is 5.44. The predicted octanol–water partition coefficient (Wildman–Crippen LogP) is 2.26. The van der Waals surface area contributed by atoms with Crippen LogP contribution in [-0.2, 0) is 0 Å². The van der Waals surface area contributed by atoms with E-state index >= 15 is 0 Å². The van der Waals surface area contributed by atoms with Crippen LogP contribution in [0.1, 0.15) is 36.9 Å². The van der Waals surface area contributed by atoms with E-state index in [1.165, 1.54) is 16.8 Å². The maximum absolute atomic E-state index is 5.98. The zero-order valence-corrected chi connectivity index (χ0v) is 9.12. The molecule has 1 heterocycles. The zero-order valence-electron chi connectivity index (χ0n) is 9.12. The van der Waals surface area contributed by atoms with Crippen LogP contribution < -0.4 is 10.6 Å². The quantitative estimate of drug-likeness (QED) is 0.736. The Morgan fingerprint density at radius 3 is 2.86 bits per heavy atom. The maximum atomic E-state index is 5.98. The van der Waals surface area contributed by atoms with Gasteiger partial charge in [0.15, 0.2) is 0 Å². The summed E-state index contributed by atoms with van der Waals surface area (Å²) < 4.78 is 0. The number of likely N-dealkylation sites (N-methyl/N-ethyl adjacent to an activating group) is 1. The smallest absolute Gasteiger partial charge is 0.0403 e. The zero-order chi connectivity index (χ0) is 10.3. The lowest BCUT2D eigenvalue weighted by molar-refractivity contribution is 0.754. The van der Waals surface area contributed by atoms with E-state index in [2.05, 4.69) is 44.0 Å². The highest BCUT2D eigenvalue weighted by molar-refractivity contribution is 5.62. The summed E-state index contributed by atoms with van der Waals surface area (Å²) in [5.74, 6) is 0.609. The van der Waals surface area contributed by atoms with E-state index in [-0.39, 0.29) is 6.04 Å². The Kier molecular flexibility index (Phi) is 2.23. The van der Waals surface area contributed by atoms with Crippen LogP contribution in [0, 0.1) is 0 Å². The van der Waals surface area contributed by atoms with Gasteiger partial charge in [-0.25, -0.2) is 0 Å². The Hall–Kier alpha value is -1.02. The third-order valence-corrected chi connectivity index (χ3v) is 3.06. The van der Waals surface area contributed by atoms with E-state index < -0.39 is 0 Å². The highest BCUT2D eigenvalue weighted by Crippen LogP contribution is 2.38. The van der Waals surface area contributed by atoms with Gasteiger partial charge in [-0.1, -0.05) is 19.1 Å². The van der Waals surface area contributed by atoms with Gasteiger partial charge in [-0.3, -0.25) is 0 Å². The second-order valence-corrected chi connectivity index (χ2v) is 4.35. The van der Waals surface area contributed by atoms with Gasteiger partial charge < -0.3 is 10.6 Å². The average molecular weight is 190 g/mol. The topological polar surface area (TPSA) is 29.3 Å². The largest absolute Gasteiger partial charge is 0.374 e. The fourth-order valence-electron chi connectivity index (χ4n) is 2.44. The van der Waals surface area contributed by atoms with Crippen LogP contribution in [0.3, 0.4) is 0 Å². The van der Waals surface area contributed by atoms with Crippen LogP contribution in [0.25, 0.3) is 0 Å². The first-order valence-corrected chi connectivity index (χ1v) is 5.20. The molecule has 2 N–H and O–H groups in total. The molecule has 76 valence electrons. The van der Waals surface area contributed by atoms with Crippen LogP contribution in [0.15, 0.2) is 18.2 Å². The second kappa shape index (κ2) is 3.28. The van der Waals surface area contributed by atoms with E-state index in [0.717, 1.165) is 6.54 Å². The lowest BCUT2D eigenvalue weighted by Crippen LogP contribution is -2.13. The van der Waals surface area contributed by atoms with Crippen molar-refractivity contribution in [1.82, 2.24) is 0 Å². The summed E-state index contributed by atoms with van der Waals surface area (Å²) in [4.78, 5) is 2.31. The van der Waals surface area contributed by atoms with Crippen molar-refractivity contribution in [2.45, 2.75) is 25.8 Å². The average Bonchev–Trinajstić information content (AvgIpc) is 2.43. The molecule has 0 radical (unpaired) electrons. The molecule has 0 spiro atoms. The number of rotatable bonds is 1. The minimum atomic E-state index is 0.138. The van der Waals surface area contributed by atoms with Gasteiger partial charge in [-0.15, -0.1) is 0 Å². The van der Waals surface area contributed by atoms with Crippen molar-refractivity contribution in [3.8, 4) is 0 Å². The summed E-state index contributed by atoms with van der Waals surface area (Å²) in [5.41, 5.74) is 10.1. The molecule has 0 aromatic heterocycles. The molecular weight excluding hydrogens is 172 g/mol. The number of fused-ring (bicyclic) bond motifs is 1. The van der Waals surface area contributed by atoms with Gasteiger partial charge in [0.2, 0.25) is 0 Å². The summed E-state index contributed by atoms with van der Waals surface area (Å²) in [5, 5.41) is 0. The Morgan fingerprint density at radius 2 is 2.21 bits per heavy atom. The Morgan fingerprint density at radius 1 is 1.50 bits per heavy atom. The summed E-state index contributed by atoms with van der Waals surface area (Å²) in [6, 6.07) is 6.58. The molecule has 0 amide bonds. The van der Waals surface area contributed by atoms with Gasteiger partial charge in [-0.05, 0) is 24.1 Å². The Balaban J connectivity index is 2.56. The van der Waals surface area contributed by atoms with Crippen molar-refractivity contribution in [3.63, 3.8) is 0 Å². The van der Waals surface area contributed by atoms with Crippen molar-refractivity contribution in [3.05, 3.63) is 29.3 Å². The molecule has 1 aliphatic rings. The number of nitrogens with zero attached hydrogens (tertiary/aromatic N) is 1. The summed E-state index contributed by atoms with van der Waals surface area (Å²) in [6.07, 6.45) is 0. The molecule has 2 unspecified atom stereocenters. The highest BCUT2D eigenvalue weighted by atomic mass is 15.1. The molecule has 2 nitrogen and oxygen atoms in total. The number of anilines is 1. The molecule has 1 aromatic rings. The van der Waals surface area contributed by atoms with Crippen molar-refractivity contribution in [2.75, 3.05) is 18.5 Å². The molecule has 0 saturated heterocycles. The third-order valence-electron chi connectivity index (χ3n) is 3.06. The van der Waals surface area contributed by atoms with Crippen LogP contribution in [0.2, 0.25) is 0 Å². The first kappa shape index (κ1) is 9.53. The SMILES string of the molecule is CC(N)c1cccc2c1C(C)CN2C. The molecule has 0 bridgehead atoms. The Labute approximate surface area is 85.7 Å². The number of hydrogen-bond acceptors (Lipinski definition) is 2. The Bertz CT molecular complexity index is 344. The summed E-state index contributed by atoms with van der Waals surface area (Å²) >= 11 is 0. The fraction of sp³-hybridized carbons (Fsp3) is 0.500. The normalized spacial score (nSPS) is 22.3. The molecule has 2 heteroatoms. The van der Waals surface area contributed by atoms with Crippen molar-refractivity contribution < 1.29 is 0 Å². The van der Waals surface area contributed by atoms with Gasteiger partial charge >= 0.3 is 0 Å². The van der Waals surface area contributed by atoms with Crippen LogP contribution in [0.5, 0.6) is 0 Å². The molecule has 2 atom stereocenters. The van der Waals surface area contributed by atoms with Crippen molar-refractivity contribution in [2.24, 2.45) is 5.73 Å². The van der Waals surface area contributed by atoms with Crippen molar-refractivity contribution >= 4 is 5.69 Å². The standard InChI is InChI=1S/C12H18N2/c1-8-7-14(3)11-6-4-5-10(9(2)13)12(8)11/h4-6,8-9H,7,13H2,1-3H3. The maximum Gasteiger partial charge on any atom is 0.0403 e. The van der Waals surface area contributed by atoms with Gasteiger partial charge in [0.25, 0.3) is 0 Å². The fourth-order valence-corrected chi connectivity index (χ4v) is 2.44. The minimum Gasteiger partial charge on any atom is -0.374 e. The molecule has 2 rings (SSSR count). The molecule has 1 aliphatic heterocycles. The van der Waals surface area contributed by atoms with Gasteiger partial charge in [0.1, 0.15) is 0 Å². The van der Waals surface area contributed by atoms with Crippen LogP contribution >= 0.6 is 0 Å². The van der Waals surface area contributed by atoms with Crippen LogP contribution in [-0.4, -0.2) is 13.6 Å². The number of benzene rings is 1. The first-order valence-electron chi connectivity index (χ1n) is 5.20. The van der Waals surface area contributed by atoms with Crippen LogP contribution in [0.4, 0.5) is 5.69 Å². The van der Waals surface area contributed by atoms with E-state index in [1.807, 2.05) is 0 Å². The van der Waals surface area contributed by atoms with E-state index in [0.29, 0.717) is 5.92 Å². The molecule has 0 aliphatic carbocycles. The van der Waals surface area contributed by atoms with Gasteiger partial charge in [0, 0.05) is 31.2 Å². The minimum absolute atomic E-state index is 0.138. The molecule has 1 aromatic carbocycles. The highest BCUT2D eigenvalue weighted by Gasteiger charge is 2.25. The molecule has 14 heavy (non-hydrogen) atoms. The first-order chi connectivity index (χ1) is 6.61. The van der Waals surface area contributed by atoms with E-state index in [4.69, 9.17) is 5.73 Å². The van der Waals surface area contributed by atoms with E-state index in [1.54, 1.807) is 0 Å². The lowest BCUT2D eigenvalue weighted by atomic mass is 9.94. The number of hydrogen-bond donors (Lipinski definition) is 1. The third kappa shape index (κ3) is 1.30. The molecule has 0 saturated carbocycles. The van der Waals surface area contributed by atoms with E-state index in [9.17, 15) is 0 Å². The molecule has 0 fully saturated rings. The summed E-state index contributed by atoms with van der Waals surface area (Å²) in [7, 11) is 2.15. The predicted molar refractivity (Wildman–Crippen MR) is 60.7 cm³/mol. The monoisotopic (exact) mass is 190 g/mol.